The Kier molecular flexibility index (Phi) is 4.98. The van der Waals surface area contributed by atoms with Gasteiger partial charge in [0.1, 0.15) is 17.2 Å². The van der Waals surface area contributed by atoms with Crippen LogP contribution in [-0.2, 0) is 6.54 Å². The number of hydrogen-bond donors (Lipinski definition) is 3. The molecule has 4 rings (SSSR count). The number of carbonyl (C=O) groups is 2. The van der Waals surface area contributed by atoms with Gasteiger partial charge in [-0.3, -0.25) is 14.7 Å². The van der Waals surface area contributed by atoms with E-state index in [1.54, 1.807) is 48.5 Å². The molecule has 0 saturated heterocycles. The molecule has 0 fully saturated rings. The monoisotopic (exact) mass is 390 g/mol. The second-order valence-corrected chi connectivity index (χ2v) is 6.34. The van der Waals surface area contributed by atoms with Crippen LogP contribution in [0.5, 0.6) is 0 Å². The summed E-state index contributed by atoms with van der Waals surface area (Å²) in [6, 6.07) is 15.5. The number of rotatable bonds is 6. The lowest BCUT2D eigenvalue weighted by Gasteiger charge is -2.10. The number of nitrogens with zero attached hydrogens (tertiary/aromatic N) is 1. The van der Waals surface area contributed by atoms with Crippen molar-refractivity contribution in [3.63, 3.8) is 0 Å². The van der Waals surface area contributed by atoms with Crippen LogP contribution >= 0.6 is 0 Å². The number of nitrogens with one attached hydrogen (secondary N) is 3. The van der Waals surface area contributed by atoms with Crippen molar-refractivity contribution in [3.8, 4) is 11.5 Å². The number of aromatic nitrogens is 2. The number of carbonyl (C=O) groups excluding carboxylic acids is 2. The van der Waals surface area contributed by atoms with E-state index in [0.717, 1.165) is 5.76 Å². The Morgan fingerprint density at radius 2 is 1.93 bits per heavy atom. The van der Waals surface area contributed by atoms with E-state index in [1.165, 1.54) is 6.26 Å². The SMILES string of the molecule is Cc1ccc(-c2cc(C(=O)Nc3ccccc3C(=O)NCc3ccco3)n[nH]2)o1. The molecule has 0 radical (unpaired) electrons. The molecule has 146 valence electrons. The number of benzene rings is 1. The quantitative estimate of drug-likeness (QED) is 0.464. The average Bonchev–Trinajstić information content (AvgIpc) is 3.48. The third-order valence-corrected chi connectivity index (χ3v) is 4.24. The molecular weight excluding hydrogens is 372 g/mol. The Morgan fingerprint density at radius 3 is 2.69 bits per heavy atom. The zero-order chi connectivity index (χ0) is 20.2. The first-order chi connectivity index (χ1) is 14.1. The Hall–Kier alpha value is -4.07. The Morgan fingerprint density at radius 1 is 1.07 bits per heavy atom. The molecule has 4 aromatic rings. The summed E-state index contributed by atoms with van der Waals surface area (Å²) in [4.78, 5) is 25.1. The first kappa shape index (κ1) is 18.3. The number of amides is 2. The summed E-state index contributed by atoms with van der Waals surface area (Å²) in [5, 5.41) is 12.3. The van der Waals surface area contributed by atoms with Crippen LogP contribution < -0.4 is 10.6 Å². The van der Waals surface area contributed by atoms with Gasteiger partial charge in [-0.25, -0.2) is 0 Å². The summed E-state index contributed by atoms with van der Waals surface area (Å²) in [5.74, 6) is 1.21. The van der Waals surface area contributed by atoms with Crippen molar-refractivity contribution in [2.24, 2.45) is 0 Å². The predicted octanol–water partition coefficient (Wildman–Crippen LogP) is 3.75. The summed E-state index contributed by atoms with van der Waals surface area (Å²) < 4.78 is 10.7. The first-order valence-electron chi connectivity index (χ1n) is 8.93. The second-order valence-electron chi connectivity index (χ2n) is 6.34. The fraction of sp³-hybridized carbons (Fsp3) is 0.0952. The van der Waals surface area contributed by atoms with Gasteiger partial charge in [-0.2, -0.15) is 5.10 Å². The molecule has 2 amide bonds. The summed E-state index contributed by atoms with van der Waals surface area (Å²) in [6.07, 6.45) is 1.54. The molecule has 8 heteroatoms. The van der Waals surface area contributed by atoms with Gasteiger partial charge in [0.2, 0.25) is 0 Å². The lowest BCUT2D eigenvalue weighted by molar-refractivity contribution is 0.0949. The topological polar surface area (TPSA) is 113 Å². The number of anilines is 1. The third kappa shape index (κ3) is 4.11. The van der Waals surface area contributed by atoms with E-state index in [0.29, 0.717) is 28.5 Å². The first-order valence-corrected chi connectivity index (χ1v) is 8.93. The summed E-state index contributed by atoms with van der Waals surface area (Å²) in [5.41, 5.74) is 1.49. The lowest BCUT2D eigenvalue weighted by Crippen LogP contribution is -2.24. The van der Waals surface area contributed by atoms with E-state index in [9.17, 15) is 9.59 Å². The van der Waals surface area contributed by atoms with E-state index >= 15 is 0 Å². The predicted molar refractivity (Wildman–Crippen MR) is 105 cm³/mol. The highest BCUT2D eigenvalue weighted by Crippen LogP contribution is 2.21. The Balaban J connectivity index is 1.47. The van der Waals surface area contributed by atoms with Crippen LogP contribution in [0.3, 0.4) is 0 Å². The van der Waals surface area contributed by atoms with Crippen molar-refractivity contribution in [2.45, 2.75) is 13.5 Å². The van der Waals surface area contributed by atoms with Gasteiger partial charge < -0.3 is 19.5 Å². The molecule has 1 aromatic carbocycles. The molecule has 29 heavy (non-hydrogen) atoms. The number of furan rings is 2. The van der Waals surface area contributed by atoms with Gasteiger partial charge in [0.05, 0.1) is 24.1 Å². The van der Waals surface area contributed by atoms with Gasteiger partial charge in [-0.1, -0.05) is 12.1 Å². The van der Waals surface area contributed by atoms with Crippen molar-refractivity contribution in [3.05, 3.63) is 83.6 Å². The minimum Gasteiger partial charge on any atom is -0.467 e. The molecule has 0 unspecified atom stereocenters. The zero-order valence-corrected chi connectivity index (χ0v) is 15.6. The minimum atomic E-state index is -0.443. The van der Waals surface area contributed by atoms with E-state index in [-0.39, 0.29) is 18.1 Å². The smallest absolute Gasteiger partial charge is 0.276 e. The van der Waals surface area contributed by atoms with Crippen molar-refractivity contribution < 1.29 is 18.4 Å². The van der Waals surface area contributed by atoms with Gasteiger partial charge in [0, 0.05) is 6.07 Å². The van der Waals surface area contributed by atoms with Gasteiger partial charge in [-0.05, 0) is 43.3 Å². The summed E-state index contributed by atoms with van der Waals surface area (Å²) in [7, 11) is 0. The van der Waals surface area contributed by atoms with Crippen LogP contribution in [0, 0.1) is 6.92 Å². The van der Waals surface area contributed by atoms with Crippen molar-refractivity contribution in [2.75, 3.05) is 5.32 Å². The molecule has 3 aromatic heterocycles. The summed E-state index contributed by atoms with van der Waals surface area (Å²) >= 11 is 0. The number of H-pyrrole nitrogens is 1. The van der Waals surface area contributed by atoms with Crippen LogP contribution in [0.1, 0.15) is 32.4 Å². The standard InChI is InChI=1S/C21H18N4O4/c1-13-8-9-19(29-13)17-11-18(25-24-17)21(27)23-16-7-3-2-6-15(16)20(26)22-12-14-5-4-10-28-14/h2-11H,12H2,1H3,(H,22,26)(H,23,27)(H,24,25). The fourth-order valence-electron chi connectivity index (χ4n) is 2.80. The van der Waals surface area contributed by atoms with E-state index in [2.05, 4.69) is 20.8 Å². The van der Waals surface area contributed by atoms with Crippen LogP contribution in [0.15, 0.2) is 69.7 Å². The normalized spacial score (nSPS) is 10.7. The highest BCUT2D eigenvalue weighted by molar-refractivity contribution is 6.08. The largest absolute Gasteiger partial charge is 0.467 e. The molecule has 0 saturated carbocycles. The second kappa shape index (κ2) is 7.89. The number of para-hydroxylation sites is 1. The molecule has 8 nitrogen and oxygen atoms in total. The fourth-order valence-corrected chi connectivity index (χ4v) is 2.80. The highest BCUT2D eigenvalue weighted by Gasteiger charge is 2.17. The van der Waals surface area contributed by atoms with Crippen molar-refractivity contribution in [1.29, 1.82) is 0 Å². The molecule has 3 N–H and O–H groups in total. The number of aromatic amines is 1. The molecule has 0 spiro atoms. The highest BCUT2D eigenvalue weighted by atomic mass is 16.3. The minimum absolute atomic E-state index is 0.180. The van der Waals surface area contributed by atoms with Crippen LogP contribution in [-0.4, -0.2) is 22.0 Å². The molecule has 0 aliphatic heterocycles. The average molecular weight is 390 g/mol. The maximum Gasteiger partial charge on any atom is 0.276 e. The van der Waals surface area contributed by atoms with E-state index < -0.39 is 5.91 Å². The molecular formula is C21H18N4O4. The lowest BCUT2D eigenvalue weighted by atomic mass is 10.1. The van der Waals surface area contributed by atoms with E-state index in [1.807, 2.05) is 13.0 Å². The van der Waals surface area contributed by atoms with Gasteiger partial charge in [0.15, 0.2) is 11.5 Å². The van der Waals surface area contributed by atoms with Gasteiger partial charge in [-0.15, -0.1) is 0 Å². The maximum absolute atomic E-state index is 12.6. The van der Waals surface area contributed by atoms with Crippen molar-refractivity contribution >= 4 is 17.5 Å². The molecule has 0 aliphatic rings. The molecule has 0 aliphatic carbocycles. The molecule has 3 heterocycles. The molecule has 0 atom stereocenters. The molecule has 0 bridgehead atoms. The zero-order valence-electron chi connectivity index (χ0n) is 15.6. The van der Waals surface area contributed by atoms with Crippen LogP contribution in [0.2, 0.25) is 0 Å². The maximum atomic E-state index is 12.6. The van der Waals surface area contributed by atoms with Crippen LogP contribution in [0.4, 0.5) is 5.69 Å². The Labute approximate surface area is 165 Å². The van der Waals surface area contributed by atoms with Crippen molar-refractivity contribution in [1.82, 2.24) is 15.5 Å². The van der Waals surface area contributed by atoms with Crippen LogP contribution in [0.25, 0.3) is 11.5 Å². The van der Waals surface area contributed by atoms with Gasteiger partial charge in [0.25, 0.3) is 11.8 Å². The third-order valence-electron chi connectivity index (χ3n) is 4.24. The van der Waals surface area contributed by atoms with Gasteiger partial charge >= 0.3 is 0 Å². The Bertz CT molecular complexity index is 1140. The summed E-state index contributed by atoms with van der Waals surface area (Å²) in [6.45, 7) is 2.08. The number of aryl methyl sites for hydroxylation is 1. The number of hydrogen-bond acceptors (Lipinski definition) is 5. The van der Waals surface area contributed by atoms with E-state index in [4.69, 9.17) is 8.83 Å².